The van der Waals surface area contributed by atoms with Crippen LogP contribution in [-0.2, 0) is 13.6 Å². The lowest BCUT2D eigenvalue weighted by atomic mass is 9.98. The van der Waals surface area contributed by atoms with Gasteiger partial charge in [0.25, 0.3) is 0 Å². The molecule has 0 unspecified atom stereocenters. The fraction of sp³-hybridized carbons (Fsp3) is 0.786. The second-order valence-electron chi connectivity index (χ2n) is 6.27. The van der Waals surface area contributed by atoms with Gasteiger partial charge >= 0.3 is 0 Å². The molecule has 2 rings (SSSR count). The molecule has 0 saturated carbocycles. The molecule has 102 valence electrons. The van der Waals surface area contributed by atoms with E-state index >= 15 is 0 Å². The van der Waals surface area contributed by atoms with Crippen LogP contribution >= 0.6 is 0 Å². The quantitative estimate of drug-likeness (QED) is 0.887. The lowest BCUT2D eigenvalue weighted by molar-refractivity contribution is 0.0958. The number of hydrogen-bond acceptors (Lipinski definition) is 3. The maximum absolute atomic E-state index is 4.34. The number of piperidine rings is 1. The molecule has 0 bridgehead atoms. The van der Waals surface area contributed by atoms with Crippen molar-refractivity contribution >= 4 is 0 Å². The topological polar surface area (TPSA) is 33.1 Å². The maximum Gasteiger partial charge on any atom is 0.122 e. The molecule has 1 aromatic heterocycles. The van der Waals surface area contributed by atoms with Crippen LogP contribution in [-0.4, -0.2) is 39.1 Å². The van der Waals surface area contributed by atoms with E-state index in [1.807, 2.05) is 19.4 Å². The van der Waals surface area contributed by atoms with Gasteiger partial charge in [0.1, 0.15) is 5.82 Å². The summed E-state index contributed by atoms with van der Waals surface area (Å²) in [6.45, 7) is 10.2. The van der Waals surface area contributed by atoms with E-state index in [1.54, 1.807) is 0 Å². The van der Waals surface area contributed by atoms with Crippen LogP contribution in [0.25, 0.3) is 0 Å². The van der Waals surface area contributed by atoms with Crippen LogP contribution in [0.2, 0.25) is 0 Å². The van der Waals surface area contributed by atoms with Gasteiger partial charge in [0, 0.05) is 44.1 Å². The Morgan fingerprint density at radius 3 is 2.50 bits per heavy atom. The Balaban J connectivity index is 1.76. The van der Waals surface area contributed by atoms with Gasteiger partial charge in [-0.25, -0.2) is 4.98 Å². The second-order valence-corrected chi connectivity index (χ2v) is 6.27. The Morgan fingerprint density at radius 2 is 2.00 bits per heavy atom. The van der Waals surface area contributed by atoms with Crippen molar-refractivity contribution in [2.45, 2.75) is 51.7 Å². The highest BCUT2D eigenvalue weighted by Crippen LogP contribution is 2.20. The molecule has 4 nitrogen and oxygen atoms in total. The summed E-state index contributed by atoms with van der Waals surface area (Å²) in [7, 11) is 2.05. The molecule has 0 spiro atoms. The molecule has 4 heteroatoms. The lowest BCUT2D eigenvalue weighted by Crippen LogP contribution is -2.49. The molecule has 2 heterocycles. The third-order valence-corrected chi connectivity index (χ3v) is 3.91. The van der Waals surface area contributed by atoms with Gasteiger partial charge in [-0.2, -0.15) is 0 Å². The first kappa shape index (κ1) is 13.6. The van der Waals surface area contributed by atoms with Crippen LogP contribution in [0.5, 0.6) is 0 Å². The van der Waals surface area contributed by atoms with Crippen molar-refractivity contribution in [2.24, 2.45) is 7.05 Å². The van der Waals surface area contributed by atoms with E-state index in [-0.39, 0.29) is 0 Å². The van der Waals surface area contributed by atoms with Crippen molar-refractivity contribution in [3.63, 3.8) is 0 Å². The van der Waals surface area contributed by atoms with E-state index in [1.165, 1.54) is 25.9 Å². The molecule has 0 aromatic carbocycles. The van der Waals surface area contributed by atoms with E-state index in [0.717, 1.165) is 12.4 Å². The van der Waals surface area contributed by atoms with E-state index in [0.29, 0.717) is 11.6 Å². The average molecular weight is 250 g/mol. The first-order chi connectivity index (χ1) is 8.47. The molecule has 0 aliphatic carbocycles. The monoisotopic (exact) mass is 250 g/mol. The number of rotatable bonds is 3. The number of hydrogen-bond donors (Lipinski definition) is 1. The van der Waals surface area contributed by atoms with Crippen molar-refractivity contribution in [3.8, 4) is 0 Å². The van der Waals surface area contributed by atoms with E-state index in [4.69, 9.17) is 0 Å². The van der Waals surface area contributed by atoms with Crippen LogP contribution in [0.3, 0.4) is 0 Å². The molecule has 1 aromatic rings. The van der Waals surface area contributed by atoms with E-state index < -0.39 is 0 Å². The molecular weight excluding hydrogens is 224 g/mol. The zero-order chi connectivity index (χ0) is 13.2. The molecule has 1 N–H and O–H groups in total. The van der Waals surface area contributed by atoms with Crippen molar-refractivity contribution in [3.05, 3.63) is 18.2 Å². The lowest BCUT2D eigenvalue weighted by Gasteiger charge is -2.41. The van der Waals surface area contributed by atoms with Crippen LogP contribution in [0.4, 0.5) is 0 Å². The Kier molecular flexibility index (Phi) is 4.07. The normalized spacial score (nSPS) is 19.3. The fourth-order valence-corrected chi connectivity index (χ4v) is 2.56. The Hall–Kier alpha value is -0.870. The minimum atomic E-state index is 0.310. The number of nitrogens with one attached hydrogen (secondary N) is 1. The van der Waals surface area contributed by atoms with Gasteiger partial charge in [-0.05, 0) is 33.6 Å². The third-order valence-electron chi connectivity index (χ3n) is 3.91. The zero-order valence-electron chi connectivity index (χ0n) is 12.1. The van der Waals surface area contributed by atoms with Gasteiger partial charge < -0.3 is 9.88 Å². The van der Waals surface area contributed by atoms with E-state index in [2.05, 4.69) is 40.5 Å². The van der Waals surface area contributed by atoms with Crippen molar-refractivity contribution in [2.75, 3.05) is 13.1 Å². The fourth-order valence-electron chi connectivity index (χ4n) is 2.56. The molecule has 1 aliphatic heterocycles. The number of likely N-dealkylation sites (tertiary alicyclic amines) is 1. The molecule has 0 atom stereocenters. The molecule has 1 saturated heterocycles. The Labute approximate surface area is 110 Å². The number of nitrogens with zero attached hydrogens (tertiary/aromatic N) is 3. The predicted molar refractivity (Wildman–Crippen MR) is 74.4 cm³/mol. The first-order valence-corrected chi connectivity index (χ1v) is 6.91. The summed E-state index contributed by atoms with van der Waals surface area (Å²) in [5.41, 5.74) is 0.310. The van der Waals surface area contributed by atoms with Crippen LogP contribution < -0.4 is 5.32 Å². The molecule has 0 amide bonds. The van der Waals surface area contributed by atoms with Gasteiger partial charge in [0.05, 0.1) is 6.54 Å². The molecule has 1 aliphatic rings. The minimum absolute atomic E-state index is 0.310. The van der Waals surface area contributed by atoms with Crippen LogP contribution in [0.15, 0.2) is 12.4 Å². The van der Waals surface area contributed by atoms with Crippen molar-refractivity contribution < 1.29 is 0 Å². The molecule has 0 radical (unpaired) electrons. The minimum Gasteiger partial charge on any atom is -0.337 e. The molecule has 1 fully saturated rings. The standard InChI is InChI=1S/C14H26N4/c1-14(2,3)18-8-5-12(6-9-18)16-11-13-15-7-10-17(13)4/h7,10,12,16H,5-6,8-9,11H2,1-4H3. The molecular formula is C14H26N4. The van der Waals surface area contributed by atoms with Crippen molar-refractivity contribution in [1.82, 2.24) is 19.8 Å². The Bertz CT molecular complexity index is 369. The second kappa shape index (κ2) is 5.41. The molecule has 18 heavy (non-hydrogen) atoms. The summed E-state index contributed by atoms with van der Waals surface area (Å²) in [6.07, 6.45) is 6.34. The van der Waals surface area contributed by atoms with Gasteiger partial charge in [-0.3, -0.25) is 4.90 Å². The summed E-state index contributed by atoms with van der Waals surface area (Å²) in [4.78, 5) is 6.92. The highest BCUT2D eigenvalue weighted by atomic mass is 15.2. The third kappa shape index (κ3) is 3.33. The average Bonchev–Trinajstić information content (AvgIpc) is 2.72. The predicted octanol–water partition coefficient (Wildman–Crippen LogP) is 1.77. The van der Waals surface area contributed by atoms with Crippen molar-refractivity contribution in [1.29, 1.82) is 0 Å². The first-order valence-electron chi connectivity index (χ1n) is 6.91. The van der Waals surface area contributed by atoms with E-state index in [9.17, 15) is 0 Å². The van der Waals surface area contributed by atoms with Crippen LogP contribution in [0, 0.1) is 0 Å². The van der Waals surface area contributed by atoms with Crippen LogP contribution in [0.1, 0.15) is 39.4 Å². The largest absolute Gasteiger partial charge is 0.337 e. The number of imidazole rings is 1. The summed E-state index contributed by atoms with van der Waals surface area (Å²) in [5, 5.41) is 3.63. The maximum atomic E-state index is 4.34. The highest BCUT2D eigenvalue weighted by molar-refractivity contribution is 4.92. The van der Waals surface area contributed by atoms with Gasteiger partial charge in [-0.15, -0.1) is 0 Å². The summed E-state index contributed by atoms with van der Waals surface area (Å²) in [5.74, 6) is 1.12. The SMILES string of the molecule is Cn1ccnc1CNC1CCN(C(C)(C)C)CC1. The van der Waals surface area contributed by atoms with Gasteiger partial charge in [-0.1, -0.05) is 0 Å². The smallest absolute Gasteiger partial charge is 0.122 e. The highest BCUT2D eigenvalue weighted by Gasteiger charge is 2.26. The number of aromatic nitrogens is 2. The zero-order valence-corrected chi connectivity index (χ0v) is 12.1. The number of aryl methyl sites for hydroxylation is 1. The summed E-state index contributed by atoms with van der Waals surface area (Å²) < 4.78 is 2.08. The summed E-state index contributed by atoms with van der Waals surface area (Å²) >= 11 is 0. The summed E-state index contributed by atoms with van der Waals surface area (Å²) in [6, 6.07) is 0.639. The Morgan fingerprint density at radius 1 is 1.33 bits per heavy atom. The van der Waals surface area contributed by atoms with Gasteiger partial charge in [0.15, 0.2) is 0 Å². The van der Waals surface area contributed by atoms with Gasteiger partial charge in [0.2, 0.25) is 0 Å².